The molecule has 1 aliphatic heterocycles. The van der Waals surface area contributed by atoms with Crippen molar-refractivity contribution in [3.63, 3.8) is 0 Å². The maximum absolute atomic E-state index is 12.5. The molecule has 2 unspecified atom stereocenters. The molecule has 2 rings (SSSR count). The maximum Gasteiger partial charge on any atom is 0.242 e. The summed E-state index contributed by atoms with van der Waals surface area (Å²) in [5.74, 6) is 0.471. The van der Waals surface area contributed by atoms with Crippen molar-refractivity contribution in [1.29, 1.82) is 0 Å². The third-order valence-electron chi connectivity index (χ3n) is 3.90. The number of rotatable bonds is 4. The highest BCUT2D eigenvalue weighted by atomic mass is 32.2. The average molecular weight is 311 g/mol. The van der Waals surface area contributed by atoms with Crippen molar-refractivity contribution >= 4 is 15.7 Å². The van der Waals surface area contributed by atoms with E-state index in [-0.39, 0.29) is 12.1 Å². The van der Waals surface area contributed by atoms with Crippen molar-refractivity contribution in [3.8, 4) is 0 Å². The van der Waals surface area contributed by atoms with Gasteiger partial charge in [0.15, 0.2) is 0 Å². The Morgan fingerprint density at radius 1 is 1.33 bits per heavy atom. The molecule has 6 heteroatoms. The molecule has 5 nitrogen and oxygen atoms in total. The Kier molecular flexibility index (Phi) is 4.91. The summed E-state index contributed by atoms with van der Waals surface area (Å²) in [5, 5.41) is 0. The molecule has 3 N–H and O–H groups in total. The SMILES string of the molecule is CC(C)NS(=O)(=O)c1ccccc1N1CCC(C)C(N)C1. The second kappa shape index (κ2) is 6.34. The van der Waals surface area contributed by atoms with Crippen LogP contribution in [0.3, 0.4) is 0 Å². The largest absolute Gasteiger partial charge is 0.369 e. The zero-order valence-corrected chi connectivity index (χ0v) is 13.7. The van der Waals surface area contributed by atoms with Crippen LogP contribution in [0.25, 0.3) is 0 Å². The van der Waals surface area contributed by atoms with Gasteiger partial charge in [0.05, 0.1) is 5.69 Å². The Morgan fingerprint density at radius 2 is 2.00 bits per heavy atom. The summed E-state index contributed by atoms with van der Waals surface area (Å²) >= 11 is 0. The van der Waals surface area contributed by atoms with Crippen molar-refractivity contribution in [1.82, 2.24) is 4.72 Å². The van der Waals surface area contributed by atoms with Gasteiger partial charge in [-0.15, -0.1) is 0 Å². The number of nitrogens with one attached hydrogen (secondary N) is 1. The predicted octanol–water partition coefficient (Wildman–Crippen LogP) is 1.55. The minimum atomic E-state index is -3.50. The molecule has 0 radical (unpaired) electrons. The number of anilines is 1. The normalized spacial score (nSPS) is 23.6. The molecule has 1 saturated heterocycles. The van der Waals surface area contributed by atoms with Crippen LogP contribution >= 0.6 is 0 Å². The van der Waals surface area contributed by atoms with E-state index in [0.717, 1.165) is 18.7 Å². The monoisotopic (exact) mass is 311 g/mol. The Labute approximate surface area is 127 Å². The van der Waals surface area contributed by atoms with Crippen LogP contribution in [-0.4, -0.2) is 33.6 Å². The smallest absolute Gasteiger partial charge is 0.242 e. The summed E-state index contributed by atoms with van der Waals surface area (Å²) in [7, 11) is -3.50. The van der Waals surface area contributed by atoms with Crippen molar-refractivity contribution < 1.29 is 8.42 Å². The second-order valence-electron chi connectivity index (χ2n) is 6.12. The summed E-state index contributed by atoms with van der Waals surface area (Å²) in [4.78, 5) is 2.42. The Hall–Kier alpha value is -1.11. The summed E-state index contributed by atoms with van der Waals surface area (Å²) < 4.78 is 27.6. The lowest BCUT2D eigenvalue weighted by molar-refractivity contribution is 0.378. The van der Waals surface area contributed by atoms with E-state index in [2.05, 4.69) is 16.5 Å². The number of hydrogen-bond acceptors (Lipinski definition) is 4. The lowest BCUT2D eigenvalue weighted by Crippen LogP contribution is -2.48. The first-order valence-corrected chi connectivity index (χ1v) is 8.91. The van der Waals surface area contributed by atoms with Gasteiger partial charge in [-0.25, -0.2) is 13.1 Å². The van der Waals surface area contributed by atoms with Crippen LogP contribution in [0.2, 0.25) is 0 Å². The van der Waals surface area contributed by atoms with Gasteiger partial charge in [0.25, 0.3) is 0 Å². The summed E-state index contributed by atoms with van der Waals surface area (Å²) in [5.41, 5.74) is 6.88. The third-order valence-corrected chi connectivity index (χ3v) is 5.61. The average Bonchev–Trinajstić information content (AvgIpc) is 2.40. The molecule has 21 heavy (non-hydrogen) atoms. The number of hydrogen-bond donors (Lipinski definition) is 2. The Balaban J connectivity index is 2.34. The highest BCUT2D eigenvalue weighted by molar-refractivity contribution is 7.89. The van der Waals surface area contributed by atoms with Gasteiger partial charge in [-0.2, -0.15) is 0 Å². The summed E-state index contributed by atoms with van der Waals surface area (Å²) in [6, 6.07) is 7.08. The van der Waals surface area contributed by atoms with Gasteiger partial charge in [-0.3, -0.25) is 0 Å². The molecule has 1 aliphatic rings. The van der Waals surface area contributed by atoms with E-state index in [4.69, 9.17) is 5.73 Å². The van der Waals surface area contributed by atoms with Crippen LogP contribution in [0.1, 0.15) is 27.2 Å². The lowest BCUT2D eigenvalue weighted by atomic mass is 9.94. The van der Waals surface area contributed by atoms with Crippen molar-refractivity contribution in [2.75, 3.05) is 18.0 Å². The standard InChI is InChI=1S/C15H25N3O2S/c1-11(2)17-21(19,20)15-7-5-4-6-14(15)18-9-8-12(3)13(16)10-18/h4-7,11-13,17H,8-10,16H2,1-3H3. The van der Waals surface area contributed by atoms with Crippen LogP contribution in [0.4, 0.5) is 5.69 Å². The van der Waals surface area contributed by atoms with Gasteiger partial charge in [-0.1, -0.05) is 19.1 Å². The number of para-hydroxylation sites is 1. The molecule has 2 atom stereocenters. The van der Waals surface area contributed by atoms with Gasteiger partial charge in [-0.05, 0) is 38.3 Å². The Bertz CT molecular complexity index is 586. The highest BCUT2D eigenvalue weighted by Crippen LogP contribution is 2.28. The molecule has 0 aromatic heterocycles. The van der Waals surface area contributed by atoms with Crippen LogP contribution in [0, 0.1) is 5.92 Å². The highest BCUT2D eigenvalue weighted by Gasteiger charge is 2.27. The fourth-order valence-corrected chi connectivity index (χ4v) is 4.12. The fraction of sp³-hybridized carbons (Fsp3) is 0.600. The third kappa shape index (κ3) is 3.75. The van der Waals surface area contributed by atoms with Crippen LogP contribution in [0.15, 0.2) is 29.2 Å². The van der Waals surface area contributed by atoms with E-state index in [9.17, 15) is 8.42 Å². The molecule has 0 spiro atoms. The van der Waals surface area contributed by atoms with E-state index < -0.39 is 10.0 Å². The lowest BCUT2D eigenvalue weighted by Gasteiger charge is -2.37. The molecule has 1 fully saturated rings. The van der Waals surface area contributed by atoms with E-state index in [1.807, 2.05) is 26.0 Å². The van der Waals surface area contributed by atoms with Crippen LogP contribution in [-0.2, 0) is 10.0 Å². The number of nitrogens with two attached hydrogens (primary N) is 1. The first kappa shape index (κ1) is 16.3. The molecule has 118 valence electrons. The van der Waals surface area contributed by atoms with Crippen LogP contribution < -0.4 is 15.4 Å². The maximum atomic E-state index is 12.5. The van der Waals surface area contributed by atoms with Crippen molar-refractivity contribution in [3.05, 3.63) is 24.3 Å². The summed E-state index contributed by atoms with van der Waals surface area (Å²) in [6.07, 6.45) is 0.979. The van der Waals surface area contributed by atoms with E-state index in [1.165, 1.54) is 0 Å². The van der Waals surface area contributed by atoms with E-state index in [0.29, 0.717) is 17.4 Å². The first-order valence-electron chi connectivity index (χ1n) is 7.43. The molecular formula is C15H25N3O2S. The van der Waals surface area contributed by atoms with Gasteiger partial charge >= 0.3 is 0 Å². The minimum Gasteiger partial charge on any atom is -0.369 e. The number of nitrogens with zero attached hydrogens (tertiary/aromatic N) is 1. The first-order chi connectivity index (χ1) is 9.81. The van der Waals surface area contributed by atoms with Gasteiger partial charge in [0.1, 0.15) is 4.90 Å². The molecule has 1 heterocycles. The molecule has 1 aromatic rings. The molecule has 0 amide bonds. The fourth-order valence-electron chi connectivity index (χ4n) is 2.64. The predicted molar refractivity (Wildman–Crippen MR) is 85.9 cm³/mol. The zero-order valence-electron chi connectivity index (χ0n) is 12.9. The quantitative estimate of drug-likeness (QED) is 0.884. The topological polar surface area (TPSA) is 75.4 Å². The molecule has 0 bridgehead atoms. The van der Waals surface area contributed by atoms with E-state index in [1.54, 1.807) is 12.1 Å². The Morgan fingerprint density at radius 3 is 2.62 bits per heavy atom. The molecule has 1 aromatic carbocycles. The van der Waals surface area contributed by atoms with Crippen molar-refractivity contribution in [2.45, 2.75) is 44.2 Å². The van der Waals surface area contributed by atoms with Gasteiger partial charge in [0, 0.05) is 25.2 Å². The molecule has 0 aliphatic carbocycles. The molecule has 0 saturated carbocycles. The van der Waals surface area contributed by atoms with Crippen LogP contribution in [0.5, 0.6) is 0 Å². The van der Waals surface area contributed by atoms with Gasteiger partial charge in [0.2, 0.25) is 10.0 Å². The number of piperidine rings is 1. The number of benzene rings is 1. The second-order valence-corrected chi connectivity index (χ2v) is 7.80. The summed E-state index contributed by atoms with van der Waals surface area (Å²) in [6.45, 7) is 7.31. The number of sulfonamides is 1. The molecular weight excluding hydrogens is 286 g/mol. The van der Waals surface area contributed by atoms with Crippen molar-refractivity contribution in [2.24, 2.45) is 11.7 Å². The zero-order chi connectivity index (χ0) is 15.6. The van der Waals surface area contributed by atoms with E-state index >= 15 is 0 Å². The minimum absolute atomic E-state index is 0.0765. The van der Waals surface area contributed by atoms with Gasteiger partial charge < -0.3 is 10.6 Å².